The third-order valence-corrected chi connectivity index (χ3v) is 6.84. The highest BCUT2D eigenvalue weighted by Crippen LogP contribution is 2.35. The second kappa shape index (κ2) is 8.79. The first kappa shape index (κ1) is 21.2. The van der Waals surface area contributed by atoms with Crippen LogP contribution in [-0.4, -0.2) is 40.4 Å². The highest BCUT2D eigenvalue weighted by molar-refractivity contribution is 5.82. The summed E-state index contributed by atoms with van der Waals surface area (Å²) < 4.78 is 1.94. The Balaban J connectivity index is 1.53. The largest absolute Gasteiger partial charge is 0.318 e. The van der Waals surface area contributed by atoms with Gasteiger partial charge in [-0.15, -0.1) is 10.2 Å². The summed E-state index contributed by atoms with van der Waals surface area (Å²) in [5.74, 6) is 1.53. The Morgan fingerprint density at radius 1 is 0.857 bits per heavy atom. The van der Waals surface area contributed by atoms with Crippen LogP contribution in [0.2, 0.25) is 0 Å². The van der Waals surface area contributed by atoms with Crippen molar-refractivity contribution in [2.24, 2.45) is 0 Å². The maximum atomic E-state index is 12.9. The zero-order valence-corrected chi connectivity index (χ0v) is 19.0. The Kier molecular flexibility index (Phi) is 5.32. The number of hydrogen-bond acceptors (Lipinski definition) is 6. The van der Waals surface area contributed by atoms with E-state index in [0.29, 0.717) is 17.9 Å². The van der Waals surface area contributed by atoms with Gasteiger partial charge in [-0.2, -0.15) is 5.21 Å². The van der Waals surface area contributed by atoms with E-state index in [-0.39, 0.29) is 22.6 Å². The summed E-state index contributed by atoms with van der Waals surface area (Å²) in [5.41, 5.74) is 3.58. The fourth-order valence-electron chi connectivity index (χ4n) is 5.20. The summed E-state index contributed by atoms with van der Waals surface area (Å²) in [4.78, 5) is 30.2. The summed E-state index contributed by atoms with van der Waals surface area (Å²) in [6.07, 6.45) is 5.45. The predicted octanol–water partition coefficient (Wildman–Crippen LogP) is 3.36. The van der Waals surface area contributed by atoms with Crippen LogP contribution in [0.4, 0.5) is 0 Å². The van der Waals surface area contributed by atoms with Crippen molar-refractivity contribution in [1.82, 2.24) is 40.4 Å². The van der Waals surface area contributed by atoms with Gasteiger partial charge in [-0.1, -0.05) is 67.8 Å². The Bertz CT molecular complexity index is 1610. The van der Waals surface area contributed by atoms with Gasteiger partial charge in [0, 0.05) is 11.5 Å². The normalized spacial score (nSPS) is 14.5. The number of tetrazole rings is 1. The summed E-state index contributed by atoms with van der Waals surface area (Å²) in [7, 11) is 0. The Morgan fingerprint density at radius 3 is 2.34 bits per heavy atom. The van der Waals surface area contributed by atoms with E-state index >= 15 is 0 Å². The summed E-state index contributed by atoms with van der Waals surface area (Å²) >= 11 is 0. The number of benzene rings is 2. The average Bonchev–Trinajstić information content (AvgIpc) is 3.57. The first-order valence-electron chi connectivity index (χ1n) is 11.8. The van der Waals surface area contributed by atoms with Gasteiger partial charge in [-0.3, -0.25) is 19.8 Å². The van der Waals surface area contributed by atoms with Crippen LogP contribution in [0, 0.1) is 0 Å². The third-order valence-electron chi connectivity index (χ3n) is 6.84. The Hall–Kier alpha value is -4.34. The number of aromatic nitrogens is 8. The van der Waals surface area contributed by atoms with Crippen LogP contribution in [-0.2, 0) is 6.54 Å². The molecule has 3 aromatic heterocycles. The zero-order valence-electron chi connectivity index (χ0n) is 19.0. The number of nitrogens with one attached hydrogen (secondary N) is 3. The van der Waals surface area contributed by atoms with Crippen molar-refractivity contribution in [3.8, 4) is 22.5 Å². The molecule has 1 fully saturated rings. The fourth-order valence-corrected chi connectivity index (χ4v) is 5.20. The number of imidazole rings is 1. The molecular weight excluding hydrogens is 444 g/mol. The molecule has 1 saturated carbocycles. The summed E-state index contributed by atoms with van der Waals surface area (Å²) in [5, 5.41) is 19.5. The van der Waals surface area contributed by atoms with E-state index in [1.165, 1.54) is 6.42 Å². The van der Waals surface area contributed by atoms with Crippen LogP contribution in [0.1, 0.15) is 49.4 Å². The molecule has 5 aromatic rings. The number of hydrogen-bond donors (Lipinski definition) is 3. The molecule has 0 amide bonds. The molecule has 10 heteroatoms. The van der Waals surface area contributed by atoms with Gasteiger partial charge < -0.3 is 4.57 Å². The topological polar surface area (TPSA) is 138 Å². The number of aromatic amines is 3. The third kappa shape index (κ3) is 3.76. The van der Waals surface area contributed by atoms with Crippen LogP contribution in [0.25, 0.3) is 33.5 Å². The van der Waals surface area contributed by atoms with E-state index in [9.17, 15) is 9.59 Å². The minimum Gasteiger partial charge on any atom is -0.318 e. The number of fused-ring (bicyclic) bond motifs is 1. The highest BCUT2D eigenvalue weighted by Gasteiger charge is 2.25. The molecule has 3 N–H and O–H groups in total. The molecule has 0 aliphatic heterocycles. The number of H-pyrrole nitrogens is 3. The molecule has 1 aliphatic rings. The maximum Gasteiger partial charge on any atom is 0.290 e. The van der Waals surface area contributed by atoms with Crippen molar-refractivity contribution >= 4 is 11.0 Å². The van der Waals surface area contributed by atoms with Gasteiger partial charge >= 0.3 is 0 Å². The summed E-state index contributed by atoms with van der Waals surface area (Å²) in [6, 6.07) is 15.9. The van der Waals surface area contributed by atoms with E-state index in [1.807, 2.05) is 53.1 Å². The van der Waals surface area contributed by atoms with Gasteiger partial charge in [-0.25, -0.2) is 4.98 Å². The molecule has 1 aliphatic carbocycles. The van der Waals surface area contributed by atoms with Gasteiger partial charge in [0.15, 0.2) is 5.52 Å². The van der Waals surface area contributed by atoms with Gasteiger partial charge in [0.1, 0.15) is 11.3 Å². The molecule has 0 unspecified atom stereocenters. The highest BCUT2D eigenvalue weighted by atomic mass is 16.1. The lowest BCUT2D eigenvalue weighted by atomic mass is 9.88. The van der Waals surface area contributed by atoms with Crippen LogP contribution in [0.3, 0.4) is 0 Å². The summed E-state index contributed by atoms with van der Waals surface area (Å²) in [6.45, 7) is 0.408. The quantitative estimate of drug-likeness (QED) is 0.362. The first-order valence-corrected chi connectivity index (χ1v) is 11.8. The van der Waals surface area contributed by atoms with Crippen molar-refractivity contribution < 1.29 is 0 Å². The van der Waals surface area contributed by atoms with E-state index in [4.69, 9.17) is 4.98 Å². The molecule has 0 radical (unpaired) electrons. The molecule has 10 nitrogen and oxygen atoms in total. The molecule has 0 spiro atoms. The minimum atomic E-state index is -0.383. The van der Waals surface area contributed by atoms with E-state index in [0.717, 1.165) is 53.8 Å². The van der Waals surface area contributed by atoms with Gasteiger partial charge in [0.05, 0.1) is 6.54 Å². The van der Waals surface area contributed by atoms with Crippen LogP contribution >= 0.6 is 0 Å². The lowest BCUT2D eigenvalue weighted by Gasteiger charge is -2.23. The minimum absolute atomic E-state index is 0.194. The lowest BCUT2D eigenvalue weighted by Crippen LogP contribution is -2.21. The Morgan fingerprint density at radius 2 is 1.57 bits per heavy atom. The van der Waals surface area contributed by atoms with Crippen molar-refractivity contribution in [2.75, 3.05) is 0 Å². The molecule has 0 saturated heterocycles. The second-order valence-corrected chi connectivity index (χ2v) is 8.93. The molecule has 6 rings (SSSR count). The fraction of sp³-hybridized carbons (Fsp3) is 0.280. The molecular formula is C25H24N8O2. The SMILES string of the molecule is O=c1[nH][nH]c(=O)c2c1nc(C1CCCCC1)n2Cc1ccccc1-c1ccccc1-c1nn[nH]n1. The van der Waals surface area contributed by atoms with E-state index in [2.05, 4.69) is 30.8 Å². The van der Waals surface area contributed by atoms with Crippen molar-refractivity contribution in [2.45, 2.75) is 44.6 Å². The molecule has 2 aromatic carbocycles. The van der Waals surface area contributed by atoms with Crippen molar-refractivity contribution in [1.29, 1.82) is 0 Å². The predicted molar refractivity (Wildman–Crippen MR) is 131 cm³/mol. The second-order valence-electron chi connectivity index (χ2n) is 8.93. The van der Waals surface area contributed by atoms with Gasteiger partial charge in [-0.05, 0) is 34.7 Å². The number of rotatable bonds is 5. The number of nitrogens with zero attached hydrogens (tertiary/aromatic N) is 5. The van der Waals surface area contributed by atoms with Crippen LogP contribution in [0.15, 0.2) is 58.1 Å². The molecule has 0 bridgehead atoms. The Labute approximate surface area is 199 Å². The van der Waals surface area contributed by atoms with Crippen molar-refractivity contribution in [3.05, 3.63) is 80.6 Å². The van der Waals surface area contributed by atoms with E-state index in [1.54, 1.807) is 0 Å². The first-order chi connectivity index (χ1) is 17.2. The maximum absolute atomic E-state index is 12.9. The van der Waals surface area contributed by atoms with Crippen LogP contribution < -0.4 is 11.1 Å². The van der Waals surface area contributed by atoms with Gasteiger partial charge in [0.25, 0.3) is 11.1 Å². The standard InChI is InChI=1S/C25H24N8O2/c34-24-20-21(25(35)30-29-24)33(23(26-20)15-8-2-1-3-9-15)14-16-10-4-5-11-17(16)18-12-6-7-13-19(18)22-27-31-32-28-22/h4-7,10-13,15H,1-3,8-9,14H2,(H,29,34)(H,30,35)(H,27,28,31,32). The molecule has 35 heavy (non-hydrogen) atoms. The molecule has 0 atom stereocenters. The molecule has 176 valence electrons. The molecule has 3 heterocycles. The van der Waals surface area contributed by atoms with Crippen LogP contribution in [0.5, 0.6) is 0 Å². The van der Waals surface area contributed by atoms with Gasteiger partial charge in [0.2, 0.25) is 5.82 Å². The zero-order chi connectivity index (χ0) is 23.8. The van der Waals surface area contributed by atoms with Crippen molar-refractivity contribution in [3.63, 3.8) is 0 Å². The smallest absolute Gasteiger partial charge is 0.290 e. The average molecular weight is 469 g/mol. The van der Waals surface area contributed by atoms with E-state index < -0.39 is 0 Å². The lowest BCUT2D eigenvalue weighted by molar-refractivity contribution is 0.420. The monoisotopic (exact) mass is 468 g/mol.